The molecule has 1 aromatic heterocycles. The fourth-order valence-corrected chi connectivity index (χ4v) is 3.93. The maximum Gasteiger partial charge on any atom is 0.194 e. The summed E-state index contributed by atoms with van der Waals surface area (Å²) in [5, 5.41) is 1.81. The van der Waals surface area contributed by atoms with Gasteiger partial charge in [0.25, 0.3) is 0 Å². The molecule has 0 aliphatic heterocycles. The molecule has 0 atom stereocenters. The Kier molecular flexibility index (Phi) is 4.30. The summed E-state index contributed by atoms with van der Waals surface area (Å²) in [4.78, 5) is 17.3. The molecule has 2 nitrogen and oxygen atoms in total. The van der Waals surface area contributed by atoms with E-state index in [-0.39, 0.29) is 5.78 Å². The Morgan fingerprint density at radius 1 is 0.920 bits per heavy atom. The summed E-state index contributed by atoms with van der Waals surface area (Å²) in [5.41, 5.74) is 2.93. The number of nitrogens with zero attached hydrogens (tertiary/aromatic N) is 1. The van der Waals surface area contributed by atoms with Crippen molar-refractivity contribution in [1.29, 1.82) is 0 Å². The zero-order valence-electron chi connectivity index (χ0n) is 12.9. The zero-order valence-corrected chi connectivity index (χ0v) is 15.2. The molecule has 4 aromatic rings. The molecule has 5 heteroatoms. The smallest absolute Gasteiger partial charge is 0.194 e. The Morgan fingerprint density at radius 2 is 1.68 bits per heavy atom. The van der Waals surface area contributed by atoms with Gasteiger partial charge in [-0.2, -0.15) is 0 Å². The quantitative estimate of drug-likeness (QED) is 0.377. The SMILES string of the molecule is O=C(c1ccc(-c2nc3ccccc3s2)cc1)c1cc(Cl)ccc1Cl. The average Bonchev–Trinajstić information content (AvgIpc) is 3.07. The third kappa shape index (κ3) is 3.19. The van der Waals surface area contributed by atoms with Crippen LogP contribution in [-0.4, -0.2) is 10.8 Å². The minimum absolute atomic E-state index is 0.150. The van der Waals surface area contributed by atoms with Gasteiger partial charge in [0.15, 0.2) is 5.78 Å². The molecular formula is C20H11Cl2NOS. The van der Waals surface area contributed by atoms with Gasteiger partial charge in [0.1, 0.15) is 5.01 Å². The molecule has 122 valence electrons. The lowest BCUT2D eigenvalue weighted by Crippen LogP contribution is -2.02. The molecule has 0 radical (unpaired) electrons. The van der Waals surface area contributed by atoms with Gasteiger partial charge in [-0.25, -0.2) is 4.98 Å². The number of carbonyl (C=O) groups excluding carboxylic acids is 1. The first-order valence-corrected chi connectivity index (χ1v) is 9.15. The molecule has 0 saturated carbocycles. The highest BCUT2D eigenvalue weighted by atomic mass is 35.5. The lowest BCUT2D eigenvalue weighted by atomic mass is 10.0. The van der Waals surface area contributed by atoms with Crippen LogP contribution in [0.4, 0.5) is 0 Å². The average molecular weight is 384 g/mol. The van der Waals surface area contributed by atoms with Crippen LogP contribution in [0.1, 0.15) is 15.9 Å². The van der Waals surface area contributed by atoms with E-state index in [0.717, 1.165) is 20.8 Å². The monoisotopic (exact) mass is 383 g/mol. The first-order valence-electron chi connectivity index (χ1n) is 7.57. The van der Waals surface area contributed by atoms with Crippen LogP contribution in [0.15, 0.2) is 66.7 Å². The van der Waals surface area contributed by atoms with Crippen LogP contribution in [0.5, 0.6) is 0 Å². The van der Waals surface area contributed by atoms with Crippen molar-refractivity contribution in [2.24, 2.45) is 0 Å². The maximum absolute atomic E-state index is 12.7. The van der Waals surface area contributed by atoms with Gasteiger partial charge >= 0.3 is 0 Å². The summed E-state index contributed by atoms with van der Waals surface area (Å²) < 4.78 is 1.14. The molecule has 3 aromatic carbocycles. The Morgan fingerprint density at radius 3 is 2.44 bits per heavy atom. The molecule has 0 spiro atoms. The number of benzene rings is 3. The zero-order chi connectivity index (χ0) is 17.4. The van der Waals surface area contributed by atoms with Crippen LogP contribution in [-0.2, 0) is 0 Å². The van der Waals surface area contributed by atoms with E-state index < -0.39 is 0 Å². The number of hydrogen-bond donors (Lipinski definition) is 0. The number of carbonyl (C=O) groups is 1. The van der Waals surface area contributed by atoms with Crippen LogP contribution >= 0.6 is 34.5 Å². The van der Waals surface area contributed by atoms with Crippen molar-refractivity contribution in [3.8, 4) is 10.6 Å². The highest BCUT2D eigenvalue weighted by Gasteiger charge is 2.14. The second kappa shape index (κ2) is 6.60. The van der Waals surface area contributed by atoms with Crippen molar-refractivity contribution in [3.05, 3.63) is 87.9 Å². The molecule has 0 saturated heterocycles. The van der Waals surface area contributed by atoms with Gasteiger partial charge in [-0.15, -0.1) is 11.3 Å². The number of para-hydroxylation sites is 1. The number of hydrogen-bond acceptors (Lipinski definition) is 3. The van der Waals surface area contributed by atoms with Crippen molar-refractivity contribution in [2.45, 2.75) is 0 Å². The summed E-state index contributed by atoms with van der Waals surface area (Å²) in [5.74, 6) is -0.150. The molecule has 25 heavy (non-hydrogen) atoms. The summed E-state index contributed by atoms with van der Waals surface area (Å²) in [6.45, 7) is 0. The lowest BCUT2D eigenvalue weighted by molar-refractivity contribution is 0.103. The van der Waals surface area contributed by atoms with E-state index in [1.807, 2.05) is 30.3 Å². The normalized spacial score (nSPS) is 11.0. The fraction of sp³-hybridized carbons (Fsp3) is 0. The van der Waals surface area contributed by atoms with E-state index in [2.05, 4.69) is 11.1 Å². The number of aromatic nitrogens is 1. The largest absolute Gasteiger partial charge is 0.289 e. The van der Waals surface area contributed by atoms with Crippen LogP contribution in [0.2, 0.25) is 10.0 Å². The standard InChI is InChI=1S/C20H11Cl2NOS/c21-14-9-10-16(22)15(11-14)19(24)12-5-7-13(8-6-12)20-23-17-3-1-2-4-18(17)25-20/h1-11H. The molecule has 0 aliphatic rings. The molecule has 0 amide bonds. The van der Waals surface area contributed by atoms with Crippen LogP contribution in [0.3, 0.4) is 0 Å². The Labute approximate surface area is 158 Å². The van der Waals surface area contributed by atoms with Crippen molar-refractivity contribution in [1.82, 2.24) is 4.98 Å². The minimum atomic E-state index is -0.150. The van der Waals surface area contributed by atoms with E-state index in [1.54, 1.807) is 41.7 Å². The highest BCUT2D eigenvalue weighted by Crippen LogP contribution is 2.30. The fourth-order valence-electron chi connectivity index (χ4n) is 2.59. The maximum atomic E-state index is 12.7. The van der Waals surface area contributed by atoms with Crippen molar-refractivity contribution >= 4 is 50.5 Å². The molecule has 4 rings (SSSR count). The predicted octanol–water partition coefficient (Wildman–Crippen LogP) is 6.50. The molecule has 0 unspecified atom stereocenters. The van der Waals surface area contributed by atoms with Crippen LogP contribution in [0, 0.1) is 0 Å². The Balaban J connectivity index is 1.67. The van der Waals surface area contributed by atoms with Gasteiger partial charge in [-0.1, -0.05) is 59.6 Å². The van der Waals surface area contributed by atoms with E-state index in [4.69, 9.17) is 23.2 Å². The van der Waals surface area contributed by atoms with Crippen LogP contribution < -0.4 is 0 Å². The summed E-state index contributed by atoms with van der Waals surface area (Å²) >= 11 is 13.7. The summed E-state index contributed by atoms with van der Waals surface area (Å²) in [7, 11) is 0. The number of ketones is 1. The van der Waals surface area contributed by atoms with E-state index in [9.17, 15) is 4.79 Å². The van der Waals surface area contributed by atoms with E-state index >= 15 is 0 Å². The number of rotatable bonds is 3. The van der Waals surface area contributed by atoms with Crippen molar-refractivity contribution < 1.29 is 4.79 Å². The third-order valence-electron chi connectivity index (χ3n) is 3.86. The number of fused-ring (bicyclic) bond motifs is 1. The third-order valence-corrected chi connectivity index (χ3v) is 5.51. The first kappa shape index (κ1) is 16.3. The first-order chi connectivity index (χ1) is 12.1. The molecule has 0 fully saturated rings. The van der Waals surface area contributed by atoms with Gasteiger partial charge in [0.2, 0.25) is 0 Å². The van der Waals surface area contributed by atoms with Gasteiger partial charge < -0.3 is 0 Å². The highest BCUT2D eigenvalue weighted by molar-refractivity contribution is 7.21. The minimum Gasteiger partial charge on any atom is -0.289 e. The second-order valence-electron chi connectivity index (χ2n) is 5.52. The van der Waals surface area contributed by atoms with Gasteiger partial charge in [0, 0.05) is 21.7 Å². The summed E-state index contributed by atoms with van der Waals surface area (Å²) in [6.07, 6.45) is 0. The molecule has 0 bridgehead atoms. The van der Waals surface area contributed by atoms with Gasteiger partial charge in [-0.05, 0) is 30.3 Å². The predicted molar refractivity (Wildman–Crippen MR) is 105 cm³/mol. The lowest BCUT2D eigenvalue weighted by Gasteiger charge is -2.05. The van der Waals surface area contributed by atoms with E-state index in [1.165, 1.54) is 0 Å². The molecule has 1 heterocycles. The van der Waals surface area contributed by atoms with E-state index in [0.29, 0.717) is 21.2 Å². The number of halogens is 2. The van der Waals surface area contributed by atoms with Crippen molar-refractivity contribution in [2.75, 3.05) is 0 Å². The van der Waals surface area contributed by atoms with Gasteiger partial charge in [0.05, 0.1) is 15.2 Å². The topological polar surface area (TPSA) is 30.0 Å². The summed E-state index contributed by atoms with van der Waals surface area (Å²) in [6, 6.07) is 20.3. The second-order valence-corrected chi connectivity index (χ2v) is 7.39. The van der Waals surface area contributed by atoms with Crippen molar-refractivity contribution in [3.63, 3.8) is 0 Å². The molecule has 0 aliphatic carbocycles. The molecule has 0 N–H and O–H groups in total. The van der Waals surface area contributed by atoms with Crippen LogP contribution in [0.25, 0.3) is 20.8 Å². The number of thiazole rings is 1. The Hall–Kier alpha value is -2.20. The molecular weight excluding hydrogens is 373 g/mol. The Bertz CT molecular complexity index is 1050. The van der Waals surface area contributed by atoms with Gasteiger partial charge in [-0.3, -0.25) is 4.79 Å².